The van der Waals surface area contributed by atoms with Crippen molar-refractivity contribution in [3.63, 3.8) is 0 Å². The summed E-state index contributed by atoms with van der Waals surface area (Å²) < 4.78 is 76.1. The maximum Gasteiger partial charge on any atom is 1.00 e. The van der Waals surface area contributed by atoms with Crippen LogP contribution in [0.4, 0.5) is 0 Å². The number of rotatable bonds is 15. The van der Waals surface area contributed by atoms with Crippen molar-refractivity contribution in [1.82, 2.24) is 40.3 Å². The van der Waals surface area contributed by atoms with Crippen molar-refractivity contribution in [3.8, 4) is 79.1 Å². The van der Waals surface area contributed by atoms with Crippen LogP contribution < -0.4 is 129 Å². The topological polar surface area (TPSA) is 301 Å². The van der Waals surface area contributed by atoms with Crippen LogP contribution in [-0.4, -0.2) is 66.3 Å². The Morgan fingerprint density at radius 2 is 0.920 bits per heavy atom. The van der Waals surface area contributed by atoms with Crippen LogP contribution in [-0.2, 0) is 39.0 Å². The van der Waals surface area contributed by atoms with Gasteiger partial charge < -0.3 is 19.6 Å². The van der Waals surface area contributed by atoms with Crippen molar-refractivity contribution < 1.29 is 173 Å². The van der Waals surface area contributed by atoms with Gasteiger partial charge in [-0.2, -0.15) is 13.8 Å². The third kappa shape index (κ3) is 17.6. The van der Waals surface area contributed by atoms with Crippen LogP contribution >= 0.6 is 24.1 Å². The molecule has 4 heterocycles. The third-order valence-corrected chi connectivity index (χ3v) is 13.0. The second kappa shape index (κ2) is 30.2. The van der Waals surface area contributed by atoms with Crippen molar-refractivity contribution in [3.05, 3.63) is 170 Å². The predicted molar refractivity (Wildman–Crippen MR) is 250 cm³/mol. The molecule has 9 rings (SSSR count). The third-order valence-electron chi connectivity index (χ3n) is 10.1. The van der Waals surface area contributed by atoms with Crippen molar-refractivity contribution in [2.45, 2.75) is 26.5 Å². The van der Waals surface area contributed by atoms with Gasteiger partial charge in [-0.1, -0.05) is 84.4 Å². The number of nitrogens with zero attached hydrogens (tertiary/aromatic N) is 8. The number of benzene rings is 5. The first kappa shape index (κ1) is 64.2. The van der Waals surface area contributed by atoms with E-state index in [1.807, 2.05) is 55.5 Å². The van der Waals surface area contributed by atoms with E-state index in [9.17, 15) is 36.5 Å². The summed E-state index contributed by atoms with van der Waals surface area (Å²) in [5.41, 5.74) is 8.81. The van der Waals surface area contributed by atoms with Crippen molar-refractivity contribution >= 4 is 44.3 Å². The molecule has 0 amide bonds. The Morgan fingerprint density at radius 1 is 0.440 bits per heavy atom. The molecule has 0 aliphatic heterocycles. The SMILES string of the molecule is Cc1ccc(-c2nnc(-c3cc(-c4ccc(SOO[O-])cc4)ccn3)nc2-c2ccc(S(=O)(=O)[O-])cc2)cc1.O=S(=O)([O-])c1ccc(-c2ccc(-c3nncc(-c4ccc(SOO[O-])cc4)n3)nc2)cc1.[Na+].[Na+].[Na+].[Na+]. The summed E-state index contributed by atoms with van der Waals surface area (Å²) in [6.07, 6.45) is 4.74. The van der Waals surface area contributed by atoms with Crippen LogP contribution in [0.25, 0.3) is 79.1 Å². The minimum absolute atomic E-state index is 0. The Hall–Kier alpha value is -3.30. The van der Waals surface area contributed by atoms with Gasteiger partial charge in [0.05, 0.1) is 45.8 Å². The summed E-state index contributed by atoms with van der Waals surface area (Å²) in [5, 5.41) is 43.5. The largest absolute Gasteiger partial charge is 1.00 e. The summed E-state index contributed by atoms with van der Waals surface area (Å²) in [4.78, 5) is 18.8. The summed E-state index contributed by atoms with van der Waals surface area (Å²) in [6.45, 7) is 1.97. The van der Waals surface area contributed by atoms with Crippen LogP contribution in [0, 0.1) is 6.92 Å². The zero-order valence-electron chi connectivity index (χ0n) is 40.2. The molecular formula is C47H30N8Na4O12S4. The molecule has 9 aromatic rings. The molecule has 4 aromatic heterocycles. The molecule has 20 nitrogen and oxygen atoms in total. The zero-order chi connectivity index (χ0) is 50.0. The first-order valence-corrected chi connectivity index (χ1v) is 24.6. The van der Waals surface area contributed by atoms with E-state index in [1.54, 1.807) is 60.9 Å². The van der Waals surface area contributed by atoms with Gasteiger partial charge in [-0.3, -0.25) is 20.0 Å². The fraction of sp³-hybridized carbons (Fsp3) is 0.0213. The Kier molecular flexibility index (Phi) is 25.8. The first-order chi connectivity index (χ1) is 34.2. The van der Waals surface area contributed by atoms with Gasteiger partial charge in [0.25, 0.3) is 0 Å². The molecule has 0 aliphatic rings. The maximum absolute atomic E-state index is 11.4. The molecule has 5 aromatic carbocycles. The zero-order valence-corrected chi connectivity index (χ0v) is 51.5. The summed E-state index contributed by atoms with van der Waals surface area (Å²) in [7, 11) is -9.09. The summed E-state index contributed by atoms with van der Waals surface area (Å²) >= 11 is 1.59. The van der Waals surface area contributed by atoms with Gasteiger partial charge in [-0.25, -0.2) is 26.8 Å². The van der Waals surface area contributed by atoms with E-state index in [0.717, 1.165) is 57.5 Å². The minimum Gasteiger partial charge on any atom is -0.744 e. The van der Waals surface area contributed by atoms with E-state index in [-0.39, 0.29) is 134 Å². The molecule has 0 unspecified atom stereocenters. The van der Waals surface area contributed by atoms with Gasteiger partial charge >= 0.3 is 118 Å². The van der Waals surface area contributed by atoms with Crippen LogP contribution in [0.1, 0.15) is 5.56 Å². The molecule has 0 radical (unpaired) electrons. The average molecular weight is 1120 g/mol. The molecule has 0 aliphatic carbocycles. The van der Waals surface area contributed by atoms with Crippen molar-refractivity contribution in [1.29, 1.82) is 0 Å². The van der Waals surface area contributed by atoms with Crippen LogP contribution in [0.3, 0.4) is 0 Å². The molecular weight excluding hydrogens is 1090 g/mol. The van der Waals surface area contributed by atoms with Gasteiger partial charge in [0.2, 0.25) is 11.6 Å². The molecule has 0 spiro atoms. The van der Waals surface area contributed by atoms with E-state index in [2.05, 4.69) is 54.1 Å². The molecule has 0 fully saturated rings. The fourth-order valence-corrected chi connectivity index (χ4v) is 8.25. The first-order valence-electron chi connectivity index (χ1n) is 20.3. The standard InChI is InChI=1S/C27H20N4O6S2.C20H14N4O6S2.4Na/c1-17-2-4-20(5-3-17)26-25(19-8-12-23(13-9-19)39(33,34)35)29-27(31-30-26)24-16-21(14-15-28-24)18-6-10-22(11-7-18)38-37-36-32;25-29-30-31-16-6-1-14(2-7-16)19-12-22-24-20(23-19)18-10-5-15(11-21-18)13-3-8-17(9-4-13)32(26,27)28;;;;/h2-16,32H,1H3,(H,33,34,35);1-12,25H,(H,26,27,28);;;;/q;;4*+1/p-4. The number of aryl methyl sites for hydroxylation is 1. The summed E-state index contributed by atoms with van der Waals surface area (Å²) in [5.74, 6) is 0.583. The van der Waals surface area contributed by atoms with E-state index in [4.69, 9.17) is 4.98 Å². The van der Waals surface area contributed by atoms with E-state index in [1.165, 1.54) is 54.7 Å². The fourth-order valence-electron chi connectivity index (χ4n) is 6.61. The smallest absolute Gasteiger partial charge is 0.744 e. The van der Waals surface area contributed by atoms with E-state index >= 15 is 0 Å². The number of pyridine rings is 2. The molecule has 75 heavy (non-hydrogen) atoms. The van der Waals surface area contributed by atoms with Gasteiger partial charge in [-0.05, 0) is 90.3 Å². The van der Waals surface area contributed by atoms with Gasteiger partial charge in [0.1, 0.15) is 43.0 Å². The minimum atomic E-state index is -4.60. The molecule has 0 bridgehead atoms. The van der Waals surface area contributed by atoms with Crippen LogP contribution in [0.5, 0.6) is 0 Å². The Morgan fingerprint density at radius 3 is 1.45 bits per heavy atom. The molecule has 28 heteroatoms. The second-order valence-electron chi connectivity index (χ2n) is 14.7. The molecule has 0 atom stereocenters. The van der Waals surface area contributed by atoms with E-state index < -0.39 is 20.2 Å². The van der Waals surface area contributed by atoms with Crippen LogP contribution in [0.15, 0.2) is 184 Å². The Labute approximate surface area is 526 Å². The normalized spacial score (nSPS) is 10.8. The van der Waals surface area contributed by atoms with Gasteiger partial charge in [0, 0.05) is 44.4 Å². The average Bonchev–Trinajstić information content (AvgIpc) is 3.40. The summed E-state index contributed by atoms with van der Waals surface area (Å²) in [6, 6.07) is 40.2. The second-order valence-corrected chi connectivity index (χ2v) is 19.0. The quantitative estimate of drug-likeness (QED) is 0.0305. The van der Waals surface area contributed by atoms with Crippen LogP contribution in [0.2, 0.25) is 0 Å². The van der Waals surface area contributed by atoms with Gasteiger partial charge in [0.15, 0.2) is 0 Å². The number of hydrogen-bond acceptors (Lipinski definition) is 22. The maximum atomic E-state index is 11.4. The Bertz CT molecular complexity index is 3520. The molecule has 358 valence electrons. The molecule has 0 saturated heterocycles. The van der Waals surface area contributed by atoms with Crippen molar-refractivity contribution in [2.75, 3.05) is 0 Å². The van der Waals surface area contributed by atoms with Gasteiger partial charge in [-0.15, -0.1) is 15.3 Å². The number of hydrogen-bond donors (Lipinski definition) is 0. The monoisotopic (exact) mass is 1120 g/mol. The predicted octanol–water partition coefficient (Wildman–Crippen LogP) is -5.20. The van der Waals surface area contributed by atoms with E-state index in [0.29, 0.717) is 55.2 Å². The molecule has 0 N–H and O–H groups in total. The Balaban J connectivity index is 0.000000313. The van der Waals surface area contributed by atoms with Crippen molar-refractivity contribution in [2.24, 2.45) is 0 Å². The molecule has 0 saturated carbocycles. The number of aromatic nitrogens is 8.